The number of nitrogens with two attached hydrogens (primary N) is 1. The van der Waals surface area contributed by atoms with E-state index < -0.39 is 5.54 Å². The van der Waals surface area contributed by atoms with Crippen LogP contribution in [0.3, 0.4) is 0 Å². The molecule has 0 aliphatic heterocycles. The molecule has 1 amide bonds. The maximum Gasteiger partial charge on any atom is 0.240 e. The van der Waals surface area contributed by atoms with Gasteiger partial charge in [0.25, 0.3) is 0 Å². The van der Waals surface area contributed by atoms with Crippen molar-refractivity contribution in [3.63, 3.8) is 0 Å². The van der Waals surface area contributed by atoms with Gasteiger partial charge in [0.1, 0.15) is 5.54 Å². The molecule has 3 unspecified atom stereocenters. The Morgan fingerprint density at radius 3 is 2.86 bits per heavy atom. The van der Waals surface area contributed by atoms with Gasteiger partial charge in [-0.15, -0.1) is 0 Å². The zero-order valence-electron chi connectivity index (χ0n) is 14.0. The second kappa shape index (κ2) is 6.38. The fraction of sp³-hybridized carbons (Fsp3) is 0.750. The lowest BCUT2D eigenvalue weighted by atomic mass is 9.54. The lowest BCUT2D eigenvalue weighted by Crippen LogP contribution is -2.75. The van der Waals surface area contributed by atoms with E-state index >= 15 is 0 Å². The first kappa shape index (κ1) is 17.0. The molecule has 0 aromatic carbocycles. The molecule has 0 radical (unpaired) electrons. The molecule has 3 N–H and O–H groups in total. The Balaban J connectivity index is 1.84. The Kier molecular flexibility index (Phi) is 4.92. The van der Waals surface area contributed by atoms with Gasteiger partial charge in [0.05, 0.1) is 6.10 Å². The summed E-state index contributed by atoms with van der Waals surface area (Å²) in [6.45, 7) is 10.1. The number of amides is 1. The third-order valence-corrected chi connectivity index (χ3v) is 4.90. The fourth-order valence-electron chi connectivity index (χ4n) is 3.04. The number of rotatable bonds is 7. The summed E-state index contributed by atoms with van der Waals surface area (Å²) in [6, 6.07) is 1.89. The summed E-state index contributed by atoms with van der Waals surface area (Å²) in [5, 5.41) is 7.17. The van der Waals surface area contributed by atoms with E-state index in [0.717, 1.165) is 6.54 Å². The number of nitrogens with one attached hydrogen (secondary N) is 1. The first-order chi connectivity index (χ1) is 10.3. The molecule has 0 bridgehead atoms. The summed E-state index contributed by atoms with van der Waals surface area (Å²) in [4.78, 5) is 12.5. The molecule has 1 saturated carbocycles. The highest BCUT2D eigenvalue weighted by Crippen LogP contribution is 2.49. The van der Waals surface area contributed by atoms with Crippen LogP contribution in [0.1, 0.15) is 34.1 Å². The largest absolute Gasteiger partial charge is 0.378 e. The Morgan fingerprint density at radius 1 is 1.59 bits per heavy atom. The molecule has 6 nitrogen and oxygen atoms in total. The molecule has 1 aromatic heterocycles. The highest BCUT2D eigenvalue weighted by atomic mass is 16.5. The molecular formula is C16H28N4O2. The third-order valence-electron chi connectivity index (χ3n) is 4.90. The van der Waals surface area contributed by atoms with Crippen molar-refractivity contribution in [2.75, 3.05) is 13.2 Å². The van der Waals surface area contributed by atoms with Crippen molar-refractivity contribution in [1.82, 2.24) is 15.1 Å². The van der Waals surface area contributed by atoms with Gasteiger partial charge in [0, 0.05) is 43.9 Å². The van der Waals surface area contributed by atoms with Gasteiger partial charge in [-0.2, -0.15) is 5.10 Å². The van der Waals surface area contributed by atoms with Crippen molar-refractivity contribution in [2.45, 2.75) is 52.3 Å². The number of carbonyl (C=O) groups excluding carboxylic acids is 1. The smallest absolute Gasteiger partial charge is 0.240 e. The predicted octanol–water partition coefficient (Wildman–Crippen LogP) is 1.17. The SMILES string of the molecule is CCOC1CC(N)(C(=O)NCC(C)Cn2cccn2)C1(C)C. The van der Waals surface area contributed by atoms with Crippen LogP contribution in [0.15, 0.2) is 18.5 Å². The number of aromatic nitrogens is 2. The molecule has 1 heterocycles. The summed E-state index contributed by atoms with van der Waals surface area (Å²) in [6.07, 6.45) is 4.30. The minimum absolute atomic E-state index is 0.0507. The van der Waals surface area contributed by atoms with Gasteiger partial charge in [-0.25, -0.2) is 0 Å². The molecule has 0 saturated heterocycles. The quantitative estimate of drug-likeness (QED) is 0.792. The summed E-state index contributed by atoms with van der Waals surface area (Å²) >= 11 is 0. The number of carbonyl (C=O) groups is 1. The average Bonchev–Trinajstić information content (AvgIpc) is 2.97. The van der Waals surface area contributed by atoms with Gasteiger partial charge in [0.15, 0.2) is 0 Å². The normalized spacial score (nSPS) is 28.0. The fourth-order valence-corrected chi connectivity index (χ4v) is 3.04. The summed E-state index contributed by atoms with van der Waals surface area (Å²) in [5.41, 5.74) is 5.16. The van der Waals surface area contributed by atoms with Crippen LogP contribution in [0.25, 0.3) is 0 Å². The molecule has 1 fully saturated rings. The lowest BCUT2D eigenvalue weighted by Gasteiger charge is -2.57. The summed E-state index contributed by atoms with van der Waals surface area (Å²) in [5.74, 6) is 0.207. The van der Waals surface area contributed by atoms with Crippen LogP contribution in [0.2, 0.25) is 0 Å². The van der Waals surface area contributed by atoms with Crippen LogP contribution >= 0.6 is 0 Å². The van der Waals surface area contributed by atoms with E-state index in [9.17, 15) is 4.79 Å². The molecule has 124 valence electrons. The van der Waals surface area contributed by atoms with E-state index in [2.05, 4.69) is 17.3 Å². The van der Waals surface area contributed by atoms with Crippen molar-refractivity contribution < 1.29 is 9.53 Å². The number of ether oxygens (including phenoxy) is 1. The zero-order valence-corrected chi connectivity index (χ0v) is 14.0. The molecule has 1 aliphatic rings. The van der Waals surface area contributed by atoms with E-state index in [1.54, 1.807) is 6.20 Å². The standard InChI is InChI=1S/C16H28N4O2/c1-5-22-13-9-16(17,15(13,3)4)14(21)18-10-12(2)11-20-8-6-7-19-20/h6-8,12-13H,5,9-11,17H2,1-4H3,(H,18,21). The van der Waals surface area contributed by atoms with E-state index in [-0.39, 0.29) is 17.4 Å². The Morgan fingerprint density at radius 2 is 2.32 bits per heavy atom. The third kappa shape index (κ3) is 3.03. The molecule has 1 aliphatic carbocycles. The lowest BCUT2D eigenvalue weighted by molar-refractivity contribution is -0.170. The first-order valence-electron chi connectivity index (χ1n) is 7.97. The highest BCUT2D eigenvalue weighted by Gasteiger charge is 2.62. The Hall–Kier alpha value is -1.40. The number of nitrogens with zero attached hydrogens (tertiary/aromatic N) is 2. The molecule has 3 atom stereocenters. The van der Waals surface area contributed by atoms with Gasteiger partial charge in [0.2, 0.25) is 5.91 Å². The summed E-state index contributed by atoms with van der Waals surface area (Å²) in [7, 11) is 0. The monoisotopic (exact) mass is 308 g/mol. The van der Waals surface area contributed by atoms with E-state index in [1.165, 1.54) is 0 Å². The van der Waals surface area contributed by atoms with Crippen molar-refractivity contribution in [2.24, 2.45) is 17.1 Å². The van der Waals surface area contributed by atoms with Gasteiger partial charge in [-0.1, -0.05) is 20.8 Å². The van der Waals surface area contributed by atoms with Crippen LogP contribution in [0, 0.1) is 11.3 Å². The van der Waals surface area contributed by atoms with Gasteiger partial charge >= 0.3 is 0 Å². The molecule has 22 heavy (non-hydrogen) atoms. The number of hydrogen-bond donors (Lipinski definition) is 2. The molecular weight excluding hydrogens is 280 g/mol. The molecule has 1 aromatic rings. The predicted molar refractivity (Wildman–Crippen MR) is 85.1 cm³/mol. The van der Waals surface area contributed by atoms with Crippen LogP contribution < -0.4 is 11.1 Å². The average molecular weight is 308 g/mol. The van der Waals surface area contributed by atoms with Crippen molar-refractivity contribution in [3.05, 3.63) is 18.5 Å². The zero-order chi connectivity index (χ0) is 16.4. The number of hydrogen-bond acceptors (Lipinski definition) is 4. The minimum atomic E-state index is -0.849. The maximum absolute atomic E-state index is 12.5. The molecule has 6 heteroatoms. The maximum atomic E-state index is 12.5. The molecule has 0 spiro atoms. The Labute approximate surface area is 132 Å². The van der Waals surface area contributed by atoms with Gasteiger partial charge in [-0.3, -0.25) is 9.48 Å². The van der Waals surface area contributed by atoms with Crippen molar-refractivity contribution in [3.8, 4) is 0 Å². The summed E-state index contributed by atoms with van der Waals surface area (Å²) < 4.78 is 7.53. The van der Waals surface area contributed by atoms with Crippen molar-refractivity contribution in [1.29, 1.82) is 0 Å². The van der Waals surface area contributed by atoms with E-state index in [0.29, 0.717) is 25.5 Å². The van der Waals surface area contributed by atoms with E-state index in [1.807, 2.05) is 37.7 Å². The first-order valence-corrected chi connectivity index (χ1v) is 7.97. The van der Waals surface area contributed by atoms with Crippen LogP contribution in [-0.4, -0.2) is 40.5 Å². The van der Waals surface area contributed by atoms with Crippen LogP contribution in [-0.2, 0) is 16.1 Å². The highest BCUT2D eigenvalue weighted by molar-refractivity contribution is 5.88. The van der Waals surface area contributed by atoms with Crippen LogP contribution in [0.4, 0.5) is 0 Å². The minimum Gasteiger partial charge on any atom is -0.378 e. The van der Waals surface area contributed by atoms with Crippen molar-refractivity contribution >= 4 is 5.91 Å². The topological polar surface area (TPSA) is 82.2 Å². The van der Waals surface area contributed by atoms with Crippen LogP contribution in [0.5, 0.6) is 0 Å². The second-order valence-electron chi connectivity index (χ2n) is 6.88. The van der Waals surface area contributed by atoms with Gasteiger partial charge in [-0.05, 0) is 18.9 Å². The second-order valence-corrected chi connectivity index (χ2v) is 6.88. The molecule has 2 rings (SSSR count). The van der Waals surface area contributed by atoms with Gasteiger partial charge < -0.3 is 15.8 Å². The Bertz CT molecular complexity index is 500. The van der Waals surface area contributed by atoms with E-state index in [4.69, 9.17) is 10.5 Å².